The Hall–Kier alpha value is -3.21. The highest BCUT2D eigenvalue weighted by molar-refractivity contribution is 14.0. The van der Waals surface area contributed by atoms with Gasteiger partial charge in [0.25, 0.3) is 5.91 Å². The number of ether oxygens (including phenoxy) is 1. The van der Waals surface area contributed by atoms with Gasteiger partial charge in [-0.3, -0.25) is 9.79 Å². The number of aromatic nitrogens is 1. The molecule has 3 rings (SSSR count). The van der Waals surface area contributed by atoms with Crippen LogP contribution in [0, 0.1) is 5.82 Å². The van der Waals surface area contributed by atoms with Crippen molar-refractivity contribution in [2.75, 3.05) is 21.1 Å². The topological polar surface area (TPSA) is 78.9 Å². The molecule has 9 heteroatoms. The van der Waals surface area contributed by atoms with Crippen molar-refractivity contribution in [2.45, 2.75) is 13.1 Å². The first kappa shape index (κ1) is 26.0. The normalized spacial score (nSPS) is 10.7. The summed E-state index contributed by atoms with van der Waals surface area (Å²) in [6.45, 7) is 1.10. The van der Waals surface area contributed by atoms with Gasteiger partial charge in [-0.1, -0.05) is 18.2 Å². The lowest BCUT2D eigenvalue weighted by molar-refractivity contribution is 0.0827. The molecule has 0 bridgehead atoms. The highest BCUT2D eigenvalue weighted by Crippen LogP contribution is 2.19. The Morgan fingerprint density at radius 3 is 2.12 bits per heavy atom. The van der Waals surface area contributed by atoms with Gasteiger partial charge in [0.05, 0.1) is 0 Å². The van der Waals surface area contributed by atoms with E-state index in [-0.39, 0.29) is 35.7 Å². The predicted molar refractivity (Wildman–Crippen MR) is 138 cm³/mol. The minimum Gasteiger partial charge on any atom is -0.439 e. The molecule has 0 unspecified atom stereocenters. The lowest BCUT2D eigenvalue weighted by atomic mass is 10.1. The standard InChI is InChI=1S/C24H26FN5O2.HI/c1-26-24(28-14-17-4-7-19(8-5-17)23(31)30(2)3)29-16-18-6-13-22(27-15-18)32-21-11-9-20(25)10-12-21;/h4-13,15H,14,16H2,1-3H3,(H2,26,28,29);1H. The summed E-state index contributed by atoms with van der Waals surface area (Å²) in [5.41, 5.74) is 2.64. The maximum absolute atomic E-state index is 13.0. The van der Waals surface area contributed by atoms with Gasteiger partial charge in [-0.2, -0.15) is 0 Å². The third-order valence-corrected chi connectivity index (χ3v) is 4.58. The Morgan fingerprint density at radius 2 is 1.58 bits per heavy atom. The number of benzene rings is 2. The van der Waals surface area contributed by atoms with Crippen LogP contribution in [0.3, 0.4) is 0 Å². The summed E-state index contributed by atoms with van der Waals surface area (Å²) < 4.78 is 18.6. The van der Waals surface area contributed by atoms with Crippen LogP contribution in [-0.4, -0.2) is 42.9 Å². The molecule has 0 aliphatic heterocycles. The first-order valence-electron chi connectivity index (χ1n) is 10.1. The van der Waals surface area contributed by atoms with E-state index in [4.69, 9.17) is 4.74 Å². The zero-order valence-corrected chi connectivity index (χ0v) is 21.0. The third-order valence-electron chi connectivity index (χ3n) is 4.58. The molecule has 0 saturated carbocycles. The summed E-state index contributed by atoms with van der Waals surface area (Å²) in [4.78, 5) is 22.0. The fourth-order valence-corrected chi connectivity index (χ4v) is 2.81. The quantitative estimate of drug-likeness (QED) is 0.256. The molecule has 1 aromatic heterocycles. The predicted octanol–water partition coefficient (Wildman–Crippen LogP) is 4.20. The van der Waals surface area contributed by atoms with Gasteiger partial charge in [0.2, 0.25) is 5.88 Å². The second kappa shape index (κ2) is 12.7. The number of hydrogen-bond acceptors (Lipinski definition) is 4. The molecular weight excluding hydrogens is 536 g/mol. The minimum absolute atomic E-state index is 0. The van der Waals surface area contributed by atoms with Crippen LogP contribution in [0.25, 0.3) is 0 Å². The molecule has 174 valence electrons. The molecule has 0 aliphatic rings. The summed E-state index contributed by atoms with van der Waals surface area (Å²) >= 11 is 0. The number of rotatable bonds is 7. The summed E-state index contributed by atoms with van der Waals surface area (Å²) in [6.07, 6.45) is 1.71. The molecule has 0 radical (unpaired) electrons. The molecule has 0 saturated heterocycles. The van der Waals surface area contributed by atoms with Crippen LogP contribution in [0.2, 0.25) is 0 Å². The fraction of sp³-hybridized carbons (Fsp3) is 0.208. The molecule has 3 aromatic rings. The molecule has 33 heavy (non-hydrogen) atoms. The minimum atomic E-state index is -0.315. The molecule has 0 atom stereocenters. The Balaban J connectivity index is 0.00000385. The Morgan fingerprint density at radius 1 is 0.970 bits per heavy atom. The molecule has 0 spiro atoms. The average molecular weight is 563 g/mol. The average Bonchev–Trinajstić information content (AvgIpc) is 2.81. The number of nitrogens with one attached hydrogen (secondary N) is 2. The highest BCUT2D eigenvalue weighted by Gasteiger charge is 2.07. The van der Waals surface area contributed by atoms with Gasteiger partial charge in [0, 0.05) is 52.1 Å². The summed E-state index contributed by atoms with van der Waals surface area (Å²) in [6, 6.07) is 16.9. The van der Waals surface area contributed by atoms with Gasteiger partial charge in [-0.25, -0.2) is 9.37 Å². The second-order valence-corrected chi connectivity index (χ2v) is 7.24. The summed E-state index contributed by atoms with van der Waals surface area (Å²) in [5, 5.41) is 6.48. The first-order valence-corrected chi connectivity index (χ1v) is 10.1. The highest BCUT2D eigenvalue weighted by atomic mass is 127. The Labute approximate surface area is 210 Å². The van der Waals surface area contributed by atoms with Gasteiger partial charge in [0.1, 0.15) is 11.6 Å². The zero-order valence-electron chi connectivity index (χ0n) is 18.7. The van der Waals surface area contributed by atoms with Crippen LogP contribution in [-0.2, 0) is 13.1 Å². The largest absolute Gasteiger partial charge is 0.439 e. The number of carbonyl (C=O) groups is 1. The smallest absolute Gasteiger partial charge is 0.253 e. The summed E-state index contributed by atoms with van der Waals surface area (Å²) in [5.74, 6) is 1.26. The van der Waals surface area contributed by atoms with Crippen molar-refractivity contribution < 1.29 is 13.9 Å². The third kappa shape index (κ3) is 8.01. The number of pyridine rings is 1. The van der Waals surface area contributed by atoms with Crippen molar-refractivity contribution >= 4 is 35.8 Å². The van der Waals surface area contributed by atoms with Gasteiger partial charge < -0.3 is 20.3 Å². The van der Waals surface area contributed by atoms with Crippen LogP contribution < -0.4 is 15.4 Å². The molecule has 1 amide bonds. The van der Waals surface area contributed by atoms with Crippen molar-refractivity contribution in [2.24, 2.45) is 4.99 Å². The van der Waals surface area contributed by atoms with E-state index in [9.17, 15) is 9.18 Å². The maximum Gasteiger partial charge on any atom is 0.253 e. The van der Waals surface area contributed by atoms with Gasteiger partial charge in [-0.15, -0.1) is 24.0 Å². The van der Waals surface area contributed by atoms with Crippen molar-refractivity contribution in [3.8, 4) is 11.6 Å². The van der Waals surface area contributed by atoms with Crippen molar-refractivity contribution in [1.29, 1.82) is 0 Å². The zero-order chi connectivity index (χ0) is 22.9. The van der Waals surface area contributed by atoms with E-state index in [2.05, 4.69) is 20.6 Å². The number of halogens is 2. The molecule has 2 aromatic carbocycles. The van der Waals surface area contributed by atoms with Crippen LogP contribution >= 0.6 is 24.0 Å². The van der Waals surface area contributed by atoms with Gasteiger partial charge in [0.15, 0.2) is 5.96 Å². The lowest BCUT2D eigenvalue weighted by Crippen LogP contribution is -2.36. The molecule has 1 heterocycles. The van der Waals surface area contributed by atoms with E-state index in [1.165, 1.54) is 12.1 Å². The first-order chi connectivity index (χ1) is 15.4. The van der Waals surface area contributed by atoms with Crippen molar-refractivity contribution in [3.05, 3.63) is 89.4 Å². The monoisotopic (exact) mass is 563 g/mol. The molecule has 0 fully saturated rings. The van der Waals surface area contributed by atoms with E-state index < -0.39 is 0 Å². The Bertz CT molecular complexity index is 1060. The van der Waals surface area contributed by atoms with Crippen LogP contribution in [0.15, 0.2) is 71.9 Å². The SMILES string of the molecule is CN=C(NCc1ccc(C(=O)N(C)C)cc1)NCc1ccc(Oc2ccc(F)cc2)nc1.I. The molecular formula is C24H27FIN5O2. The van der Waals surface area contributed by atoms with E-state index in [0.29, 0.717) is 36.2 Å². The fourth-order valence-electron chi connectivity index (χ4n) is 2.81. The van der Waals surface area contributed by atoms with Crippen molar-refractivity contribution in [3.63, 3.8) is 0 Å². The van der Waals surface area contributed by atoms with Crippen LogP contribution in [0.4, 0.5) is 4.39 Å². The van der Waals surface area contributed by atoms with E-state index >= 15 is 0 Å². The number of guanidine groups is 1. The number of aliphatic imine (C=N–C) groups is 1. The molecule has 2 N–H and O–H groups in total. The lowest BCUT2D eigenvalue weighted by Gasteiger charge is -2.13. The maximum atomic E-state index is 13.0. The van der Waals surface area contributed by atoms with Gasteiger partial charge >= 0.3 is 0 Å². The number of nitrogens with zero attached hydrogens (tertiary/aromatic N) is 3. The van der Waals surface area contributed by atoms with Crippen molar-refractivity contribution in [1.82, 2.24) is 20.5 Å². The molecule has 7 nitrogen and oxygen atoms in total. The van der Waals surface area contributed by atoms with Crippen LogP contribution in [0.1, 0.15) is 21.5 Å². The van der Waals surface area contributed by atoms with E-state index in [1.807, 2.05) is 30.3 Å². The number of amides is 1. The second-order valence-electron chi connectivity index (χ2n) is 7.24. The Kier molecular flexibility index (Phi) is 10.0. The van der Waals surface area contributed by atoms with Crippen LogP contribution in [0.5, 0.6) is 11.6 Å². The number of hydrogen-bond donors (Lipinski definition) is 2. The van der Waals surface area contributed by atoms with E-state index in [0.717, 1.165) is 11.1 Å². The van der Waals surface area contributed by atoms with E-state index in [1.54, 1.807) is 50.4 Å². The van der Waals surface area contributed by atoms with Gasteiger partial charge in [-0.05, 0) is 47.5 Å². The molecule has 0 aliphatic carbocycles. The summed E-state index contributed by atoms with van der Waals surface area (Å²) in [7, 11) is 5.16. The number of carbonyl (C=O) groups excluding carboxylic acids is 1.